The van der Waals surface area contributed by atoms with Crippen LogP contribution >= 0.6 is 0 Å². The van der Waals surface area contributed by atoms with Gasteiger partial charge in [-0.2, -0.15) is 0 Å². The summed E-state index contributed by atoms with van der Waals surface area (Å²) in [6.45, 7) is 0.221. The lowest BCUT2D eigenvalue weighted by Crippen LogP contribution is -2.39. The SMILES string of the molecule is CN(C)S(=O)(=O)c1cccc(C(=O)N(Cc2ccccc2)C[C@@H](O)COC(c2ccccc2)c2ccccc2)c1. The molecule has 4 rings (SSSR count). The number of aliphatic hydroxyl groups excluding tert-OH is 1. The minimum atomic E-state index is -3.72. The molecule has 0 saturated carbocycles. The summed E-state index contributed by atoms with van der Waals surface area (Å²) in [7, 11) is -0.829. The Bertz CT molecular complexity index is 1440. The first-order valence-corrected chi connectivity index (χ1v) is 14.4. The van der Waals surface area contributed by atoms with E-state index in [-0.39, 0.29) is 42.2 Å². The highest BCUT2D eigenvalue weighted by Crippen LogP contribution is 2.26. The summed E-state index contributed by atoms with van der Waals surface area (Å²) in [5.41, 5.74) is 3.01. The van der Waals surface area contributed by atoms with Crippen molar-refractivity contribution < 1.29 is 23.1 Å². The average Bonchev–Trinajstić information content (AvgIpc) is 2.98. The minimum absolute atomic E-state index is 0.00527. The molecule has 0 spiro atoms. The molecule has 208 valence electrons. The van der Waals surface area contributed by atoms with Crippen molar-refractivity contribution in [2.75, 3.05) is 27.2 Å². The molecule has 0 aliphatic rings. The van der Waals surface area contributed by atoms with Crippen molar-refractivity contribution in [1.82, 2.24) is 9.21 Å². The maximum Gasteiger partial charge on any atom is 0.254 e. The van der Waals surface area contributed by atoms with E-state index in [1.165, 1.54) is 31.1 Å². The van der Waals surface area contributed by atoms with E-state index in [0.29, 0.717) is 0 Å². The number of benzene rings is 4. The smallest absolute Gasteiger partial charge is 0.254 e. The normalized spacial score (nSPS) is 12.4. The summed E-state index contributed by atoms with van der Waals surface area (Å²) in [6, 6.07) is 35.0. The van der Waals surface area contributed by atoms with E-state index in [1.807, 2.05) is 91.0 Å². The van der Waals surface area contributed by atoms with Gasteiger partial charge in [0.1, 0.15) is 6.10 Å². The summed E-state index contributed by atoms with van der Waals surface area (Å²) >= 11 is 0. The van der Waals surface area contributed by atoms with Crippen LogP contribution in [0.2, 0.25) is 0 Å². The largest absolute Gasteiger partial charge is 0.389 e. The Morgan fingerprint density at radius 2 is 1.35 bits per heavy atom. The van der Waals surface area contributed by atoms with Gasteiger partial charge in [-0.25, -0.2) is 12.7 Å². The lowest BCUT2D eigenvalue weighted by Gasteiger charge is -2.27. The van der Waals surface area contributed by atoms with Crippen LogP contribution in [0.5, 0.6) is 0 Å². The van der Waals surface area contributed by atoms with Gasteiger partial charge in [-0.15, -0.1) is 0 Å². The molecule has 1 atom stereocenters. The molecule has 0 aromatic heterocycles. The van der Waals surface area contributed by atoms with Crippen LogP contribution < -0.4 is 0 Å². The number of hydrogen-bond acceptors (Lipinski definition) is 5. The predicted octanol–water partition coefficient (Wildman–Crippen LogP) is 4.75. The lowest BCUT2D eigenvalue weighted by molar-refractivity contribution is -0.00774. The highest BCUT2D eigenvalue weighted by molar-refractivity contribution is 7.89. The number of nitrogens with zero attached hydrogens (tertiary/aromatic N) is 2. The van der Waals surface area contributed by atoms with Gasteiger partial charge in [0.15, 0.2) is 0 Å². The molecule has 0 fully saturated rings. The van der Waals surface area contributed by atoms with E-state index in [0.717, 1.165) is 21.0 Å². The molecule has 7 nitrogen and oxygen atoms in total. The van der Waals surface area contributed by atoms with Crippen molar-refractivity contribution in [3.05, 3.63) is 138 Å². The number of ether oxygens (including phenoxy) is 1. The van der Waals surface area contributed by atoms with Crippen molar-refractivity contribution in [2.45, 2.75) is 23.6 Å². The average molecular weight is 559 g/mol. The van der Waals surface area contributed by atoms with Crippen LogP contribution in [0.3, 0.4) is 0 Å². The van der Waals surface area contributed by atoms with Gasteiger partial charge in [-0.1, -0.05) is 97.1 Å². The third kappa shape index (κ3) is 7.43. The monoisotopic (exact) mass is 558 g/mol. The predicted molar refractivity (Wildman–Crippen MR) is 155 cm³/mol. The first kappa shape index (κ1) is 29.2. The molecule has 0 heterocycles. The first-order chi connectivity index (χ1) is 19.3. The van der Waals surface area contributed by atoms with Gasteiger partial charge < -0.3 is 14.7 Å². The molecule has 40 heavy (non-hydrogen) atoms. The van der Waals surface area contributed by atoms with Crippen molar-refractivity contribution in [1.29, 1.82) is 0 Å². The fourth-order valence-electron chi connectivity index (χ4n) is 4.36. The first-order valence-electron chi connectivity index (χ1n) is 13.0. The van der Waals surface area contributed by atoms with E-state index in [2.05, 4.69) is 0 Å². The van der Waals surface area contributed by atoms with Gasteiger partial charge in [0.25, 0.3) is 5.91 Å². The van der Waals surface area contributed by atoms with E-state index >= 15 is 0 Å². The third-order valence-corrected chi connectivity index (χ3v) is 8.27. The Kier molecular flexibility index (Phi) is 9.84. The van der Waals surface area contributed by atoms with Crippen molar-refractivity contribution in [2.24, 2.45) is 0 Å². The second-order valence-corrected chi connectivity index (χ2v) is 11.8. The van der Waals surface area contributed by atoms with Gasteiger partial charge in [0.2, 0.25) is 10.0 Å². The van der Waals surface area contributed by atoms with Crippen LogP contribution in [0, 0.1) is 0 Å². The molecule has 0 unspecified atom stereocenters. The highest BCUT2D eigenvalue weighted by atomic mass is 32.2. The maximum absolute atomic E-state index is 13.7. The van der Waals surface area contributed by atoms with Crippen LogP contribution in [0.1, 0.15) is 33.2 Å². The van der Waals surface area contributed by atoms with E-state index in [1.54, 1.807) is 12.1 Å². The molecule has 4 aromatic carbocycles. The summed E-state index contributed by atoms with van der Waals surface area (Å²) in [4.78, 5) is 15.2. The summed E-state index contributed by atoms with van der Waals surface area (Å²) in [6.07, 6.45) is -1.38. The van der Waals surface area contributed by atoms with E-state index in [9.17, 15) is 18.3 Å². The number of sulfonamides is 1. The third-order valence-electron chi connectivity index (χ3n) is 6.45. The Morgan fingerprint density at radius 3 is 1.90 bits per heavy atom. The Labute approximate surface area is 236 Å². The highest BCUT2D eigenvalue weighted by Gasteiger charge is 2.24. The van der Waals surface area contributed by atoms with Crippen LogP contribution in [-0.2, 0) is 21.3 Å². The quantitative estimate of drug-likeness (QED) is 0.271. The Morgan fingerprint density at radius 1 is 0.800 bits per heavy atom. The van der Waals surface area contributed by atoms with Gasteiger partial charge >= 0.3 is 0 Å². The summed E-state index contributed by atoms with van der Waals surface area (Å²) < 4.78 is 32.7. The van der Waals surface area contributed by atoms with Crippen molar-refractivity contribution in [3.63, 3.8) is 0 Å². The molecule has 0 aliphatic carbocycles. The summed E-state index contributed by atoms with van der Waals surface area (Å²) in [5, 5.41) is 11.1. The van der Waals surface area contributed by atoms with Crippen LogP contribution in [0.15, 0.2) is 120 Å². The standard InChI is InChI=1S/C32H34N2O5S/c1-33(2)40(37,38)30-20-12-19-28(21-30)32(36)34(22-25-13-6-3-7-14-25)23-29(35)24-39-31(26-15-8-4-9-16-26)27-17-10-5-11-18-27/h3-21,29,31,35H,22-24H2,1-2H3/t29-/m1/s1. The van der Waals surface area contributed by atoms with Gasteiger partial charge in [-0.05, 0) is 34.9 Å². The second-order valence-electron chi connectivity index (χ2n) is 9.68. The molecular weight excluding hydrogens is 524 g/mol. The fraction of sp³-hybridized carbons (Fsp3) is 0.219. The fourth-order valence-corrected chi connectivity index (χ4v) is 5.31. The summed E-state index contributed by atoms with van der Waals surface area (Å²) in [5.74, 6) is -0.388. The molecule has 1 amide bonds. The van der Waals surface area contributed by atoms with E-state index < -0.39 is 16.1 Å². The zero-order valence-electron chi connectivity index (χ0n) is 22.6. The van der Waals surface area contributed by atoms with Crippen LogP contribution in [0.25, 0.3) is 0 Å². The number of carbonyl (C=O) groups excluding carboxylic acids is 1. The number of hydrogen-bond donors (Lipinski definition) is 1. The molecule has 0 radical (unpaired) electrons. The molecule has 0 saturated heterocycles. The van der Waals surface area contributed by atoms with Gasteiger partial charge in [0, 0.05) is 32.7 Å². The van der Waals surface area contributed by atoms with Crippen molar-refractivity contribution in [3.8, 4) is 0 Å². The molecule has 8 heteroatoms. The lowest BCUT2D eigenvalue weighted by atomic mass is 10.0. The second kappa shape index (κ2) is 13.5. The zero-order valence-corrected chi connectivity index (χ0v) is 23.4. The molecule has 0 bridgehead atoms. The molecular formula is C32H34N2O5S. The van der Waals surface area contributed by atoms with Gasteiger partial charge in [0.05, 0.1) is 17.6 Å². The van der Waals surface area contributed by atoms with Crippen molar-refractivity contribution >= 4 is 15.9 Å². The molecule has 0 aliphatic heterocycles. The molecule has 4 aromatic rings. The van der Waals surface area contributed by atoms with Gasteiger partial charge in [-0.3, -0.25) is 4.79 Å². The maximum atomic E-state index is 13.7. The minimum Gasteiger partial charge on any atom is -0.389 e. The molecule has 1 N–H and O–H groups in total. The number of carbonyl (C=O) groups is 1. The Balaban J connectivity index is 1.55. The number of aliphatic hydroxyl groups is 1. The number of rotatable bonds is 12. The zero-order chi connectivity index (χ0) is 28.5. The van der Waals surface area contributed by atoms with Crippen LogP contribution in [-0.4, -0.2) is 62.0 Å². The Hall–Kier alpha value is -3.82. The number of amides is 1. The van der Waals surface area contributed by atoms with Crippen LogP contribution in [0.4, 0.5) is 0 Å². The van der Waals surface area contributed by atoms with E-state index in [4.69, 9.17) is 4.74 Å². The topological polar surface area (TPSA) is 87.2 Å².